The number of Topliss-reactive ketones (excluding diaryl/α,β-unsaturated/α-hetero) is 1. The number of hydrogen-bond acceptors (Lipinski definition) is 5. The van der Waals surface area contributed by atoms with E-state index in [9.17, 15) is 9.59 Å². The Balaban J connectivity index is 1.78. The second-order valence-corrected chi connectivity index (χ2v) is 4.55. The van der Waals surface area contributed by atoms with Gasteiger partial charge in [0.2, 0.25) is 0 Å². The molecule has 1 aliphatic heterocycles. The molecule has 0 aliphatic carbocycles. The van der Waals surface area contributed by atoms with Crippen molar-refractivity contribution in [1.82, 2.24) is 0 Å². The van der Waals surface area contributed by atoms with Crippen molar-refractivity contribution < 1.29 is 23.8 Å². The summed E-state index contributed by atoms with van der Waals surface area (Å²) in [5.41, 5.74) is 0. The molecule has 1 aromatic carbocycles. The van der Waals surface area contributed by atoms with Crippen molar-refractivity contribution in [3.05, 3.63) is 30.3 Å². The first-order chi connectivity index (χ1) is 9.69. The summed E-state index contributed by atoms with van der Waals surface area (Å²) in [6.07, 6.45) is -0.744. The predicted molar refractivity (Wildman–Crippen MR) is 71.5 cm³/mol. The quantitative estimate of drug-likeness (QED) is 0.742. The van der Waals surface area contributed by atoms with Gasteiger partial charge in [-0.1, -0.05) is 18.2 Å². The SMILES string of the molecule is CCOC(=O)C[C@H]1O[C@@H](COc2ccccc2)CC1=O. The summed E-state index contributed by atoms with van der Waals surface area (Å²) < 4.78 is 15.9. The van der Waals surface area contributed by atoms with Gasteiger partial charge in [0.1, 0.15) is 18.5 Å². The molecule has 0 N–H and O–H groups in total. The first-order valence-electron chi connectivity index (χ1n) is 6.70. The fraction of sp³-hybridized carbons (Fsp3) is 0.467. The van der Waals surface area contributed by atoms with Crippen molar-refractivity contribution in [3.63, 3.8) is 0 Å². The van der Waals surface area contributed by atoms with Gasteiger partial charge in [-0.3, -0.25) is 9.59 Å². The number of hydrogen-bond donors (Lipinski definition) is 0. The van der Waals surface area contributed by atoms with Crippen molar-refractivity contribution in [1.29, 1.82) is 0 Å². The summed E-state index contributed by atoms with van der Waals surface area (Å²) in [7, 11) is 0. The zero-order valence-corrected chi connectivity index (χ0v) is 11.4. The highest BCUT2D eigenvalue weighted by atomic mass is 16.6. The third-order valence-electron chi connectivity index (χ3n) is 2.98. The number of esters is 1. The monoisotopic (exact) mass is 278 g/mol. The number of ketones is 1. The molecule has 0 unspecified atom stereocenters. The second kappa shape index (κ2) is 7.05. The standard InChI is InChI=1S/C15H18O5/c1-2-18-15(17)9-14-13(16)8-12(20-14)10-19-11-6-4-3-5-7-11/h3-7,12,14H,2,8-10H2,1H3/t12-,14-/m1/s1. The maximum Gasteiger partial charge on any atom is 0.308 e. The van der Waals surface area contributed by atoms with Gasteiger partial charge in [0.25, 0.3) is 0 Å². The van der Waals surface area contributed by atoms with E-state index in [0.29, 0.717) is 13.2 Å². The normalized spacial score (nSPS) is 21.8. The zero-order chi connectivity index (χ0) is 14.4. The van der Waals surface area contributed by atoms with Crippen LogP contribution in [0.15, 0.2) is 30.3 Å². The Kier molecular flexibility index (Phi) is 5.12. The first kappa shape index (κ1) is 14.5. The number of benzene rings is 1. The molecule has 5 nitrogen and oxygen atoms in total. The van der Waals surface area contributed by atoms with E-state index >= 15 is 0 Å². The van der Waals surface area contributed by atoms with Crippen molar-refractivity contribution in [2.75, 3.05) is 13.2 Å². The molecule has 0 radical (unpaired) electrons. The summed E-state index contributed by atoms with van der Waals surface area (Å²) >= 11 is 0. The van der Waals surface area contributed by atoms with E-state index < -0.39 is 12.1 Å². The lowest BCUT2D eigenvalue weighted by Crippen LogP contribution is -2.23. The van der Waals surface area contributed by atoms with E-state index in [1.54, 1.807) is 6.92 Å². The lowest BCUT2D eigenvalue weighted by Gasteiger charge is -2.13. The van der Waals surface area contributed by atoms with E-state index in [-0.39, 0.29) is 24.7 Å². The highest BCUT2D eigenvalue weighted by Gasteiger charge is 2.35. The molecule has 0 aromatic heterocycles. The number of para-hydroxylation sites is 1. The van der Waals surface area contributed by atoms with E-state index in [0.717, 1.165) is 5.75 Å². The zero-order valence-electron chi connectivity index (χ0n) is 11.4. The minimum absolute atomic E-state index is 0.0193. The van der Waals surface area contributed by atoms with Crippen LogP contribution < -0.4 is 4.74 Å². The topological polar surface area (TPSA) is 61.8 Å². The van der Waals surface area contributed by atoms with Crippen molar-refractivity contribution in [2.24, 2.45) is 0 Å². The second-order valence-electron chi connectivity index (χ2n) is 4.55. The summed E-state index contributed by atoms with van der Waals surface area (Å²) in [5.74, 6) is 0.257. The fourth-order valence-corrected chi connectivity index (χ4v) is 2.05. The minimum Gasteiger partial charge on any atom is -0.491 e. The van der Waals surface area contributed by atoms with Crippen LogP contribution in [0.4, 0.5) is 0 Å². The van der Waals surface area contributed by atoms with Crippen LogP contribution in [-0.4, -0.2) is 37.2 Å². The molecular weight excluding hydrogens is 260 g/mol. The number of ether oxygens (including phenoxy) is 3. The average molecular weight is 278 g/mol. The Hall–Kier alpha value is -1.88. The number of carbonyl (C=O) groups excluding carboxylic acids is 2. The summed E-state index contributed by atoms with van der Waals surface area (Å²) in [6.45, 7) is 2.33. The molecule has 2 atom stereocenters. The molecule has 1 heterocycles. The van der Waals surface area contributed by atoms with Gasteiger partial charge in [-0.15, -0.1) is 0 Å². The van der Waals surface area contributed by atoms with Crippen LogP contribution in [-0.2, 0) is 19.1 Å². The molecule has 1 fully saturated rings. The third-order valence-corrected chi connectivity index (χ3v) is 2.98. The smallest absolute Gasteiger partial charge is 0.308 e. The van der Waals surface area contributed by atoms with Crippen LogP contribution in [0.2, 0.25) is 0 Å². The largest absolute Gasteiger partial charge is 0.491 e. The summed E-state index contributed by atoms with van der Waals surface area (Å²) in [4.78, 5) is 23.1. The highest BCUT2D eigenvalue weighted by molar-refractivity contribution is 5.89. The lowest BCUT2D eigenvalue weighted by molar-refractivity contribution is -0.148. The van der Waals surface area contributed by atoms with E-state index in [1.807, 2.05) is 30.3 Å². The Bertz CT molecular complexity index is 457. The Morgan fingerprint density at radius 2 is 2.10 bits per heavy atom. The number of rotatable bonds is 6. The molecule has 1 aliphatic rings. The van der Waals surface area contributed by atoms with Gasteiger partial charge in [0.15, 0.2) is 5.78 Å². The van der Waals surface area contributed by atoms with Crippen molar-refractivity contribution in [3.8, 4) is 5.75 Å². The predicted octanol–water partition coefficient (Wildman–Crippen LogP) is 1.75. The van der Waals surface area contributed by atoms with Crippen LogP contribution in [0.25, 0.3) is 0 Å². The van der Waals surface area contributed by atoms with Gasteiger partial charge in [-0.25, -0.2) is 0 Å². The van der Waals surface area contributed by atoms with E-state index in [4.69, 9.17) is 14.2 Å². The molecule has 0 amide bonds. The van der Waals surface area contributed by atoms with Gasteiger partial charge >= 0.3 is 5.97 Å². The van der Waals surface area contributed by atoms with Gasteiger partial charge in [-0.05, 0) is 19.1 Å². The van der Waals surface area contributed by atoms with Crippen LogP contribution in [0.3, 0.4) is 0 Å². The summed E-state index contributed by atoms with van der Waals surface area (Å²) in [6, 6.07) is 9.33. The maximum atomic E-state index is 11.7. The van der Waals surface area contributed by atoms with Crippen molar-refractivity contribution in [2.45, 2.75) is 32.0 Å². The highest BCUT2D eigenvalue weighted by Crippen LogP contribution is 2.20. The maximum absolute atomic E-state index is 11.7. The summed E-state index contributed by atoms with van der Waals surface area (Å²) in [5, 5.41) is 0. The average Bonchev–Trinajstić information content (AvgIpc) is 2.78. The van der Waals surface area contributed by atoms with Gasteiger partial charge in [0, 0.05) is 6.42 Å². The van der Waals surface area contributed by atoms with Gasteiger partial charge < -0.3 is 14.2 Å². The minimum atomic E-state index is -0.696. The van der Waals surface area contributed by atoms with E-state index in [1.165, 1.54) is 0 Å². The number of carbonyl (C=O) groups is 2. The van der Waals surface area contributed by atoms with Crippen molar-refractivity contribution >= 4 is 11.8 Å². The van der Waals surface area contributed by atoms with E-state index in [2.05, 4.69) is 0 Å². The van der Waals surface area contributed by atoms with Crippen LogP contribution in [0.1, 0.15) is 19.8 Å². The van der Waals surface area contributed by atoms with Gasteiger partial charge in [0.05, 0.1) is 19.1 Å². The lowest BCUT2D eigenvalue weighted by atomic mass is 10.1. The fourth-order valence-electron chi connectivity index (χ4n) is 2.05. The molecule has 2 rings (SSSR count). The molecule has 20 heavy (non-hydrogen) atoms. The molecule has 108 valence electrons. The molecule has 0 saturated carbocycles. The molecule has 1 saturated heterocycles. The molecule has 5 heteroatoms. The van der Waals surface area contributed by atoms with Crippen LogP contribution in [0, 0.1) is 0 Å². The first-order valence-corrected chi connectivity index (χ1v) is 6.70. The Morgan fingerprint density at radius 3 is 2.80 bits per heavy atom. The molecule has 0 bridgehead atoms. The molecule has 1 aromatic rings. The van der Waals surface area contributed by atoms with Crippen LogP contribution >= 0.6 is 0 Å². The van der Waals surface area contributed by atoms with Crippen LogP contribution in [0.5, 0.6) is 5.75 Å². The molecular formula is C15H18O5. The Morgan fingerprint density at radius 1 is 1.35 bits per heavy atom. The molecule has 0 spiro atoms. The van der Waals surface area contributed by atoms with Gasteiger partial charge in [-0.2, -0.15) is 0 Å². The third kappa shape index (κ3) is 4.06. The Labute approximate surface area is 117 Å².